The van der Waals surface area contributed by atoms with Crippen LogP contribution in [-0.4, -0.2) is 11.7 Å². The van der Waals surface area contributed by atoms with Gasteiger partial charge in [-0.15, -0.1) is 0 Å². The topological polar surface area (TPSA) is 14.2 Å². The van der Waals surface area contributed by atoms with Gasteiger partial charge in [0.25, 0.3) is 0 Å². The van der Waals surface area contributed by atoms with E-state index in [9.17, 15) is 0 Å². The minimum atomic E-state index is 0.896. The van der Waals surface area contributed by atoms with Gasteiger partial charge >= 0.3 is 0 Å². The molecule has 0 atom stereocenters. The number of aromatic nitrogens is 1. The zero-order valence-electron chi connectivity index (χ0n) is 12.7. The predicted molar refractivity (Wildman–Crippen MR) is 88.8 cm³/mol. The molecule has 21 heavy (non-hydrogen) atoms. The van der Waals surface area contributed by atoms with Crippen LogP contribution in [0.25, 0.3) is 22.0 Å². The van der Waals surface area contributed by atoms with E-state index in [-0.39, 0.29) is 0 Å². The van der Waals surface area contributed by atoms with Gasteiger partial charge in [0.1, 0.15) is 5.75 Å². The fraction of sp³-hybridized carbons (Fsp3) is 0.263. The van der Waals surface area contributed by atoms with E-state index in [1.807, 2.05) is 12.1 Å². The van der Waals surface area contributed by atoms with Crippen LogP contribution in [0.4, 0.5) is 0 Å². The van der Waals surface area contributed by atoms with E-state index in [0.717, 1.165) is 12.3 Å². The largest absolute Gasteiger partial charge is 0.497 e. The number of rotatable bonds is 5. The third-order valence-electron chi connectivity index (χ3n) is 3.93. The van der Waals surface area contributed by atoms with E-state index in [1.165, 1.54) is 34.9 Å². The highest BCUT2D eigenvalue weighted by molar-refractivity contribution is 5.85. The molecule has 0 saturated carbocycles. The lowest BCUT2D eigenvalue weighted by Gasteiger charge is -2.07. The van der Waals surface area contributed by atoms with Gasteiger partial charge in [-0.1, -0.05) is 31.5 Å². The number of fused-ring (bicyclic) bond motifs is 1. The zero-order valence-corrected chi connectivity index (χ0v) is 12.7. The van der Waals surface area contributed by atoms with Crippen molar-refractivity contribution in [3.05, 3.63) is 54.7 Å². The maximum absolute atomic E-state index is 5.31. The second kappa shape index (κ2) is 6.04. The summed E-state index contributed by atoms with van der Waals surface area (Å²) in [4.78, 5) is 0. The Morgan fingerprint density at radius 1 is 1.00 bits per heavy atom. The summed E-state index contributed by atoms with van der Waals surface area (Å²) >= 11 is 0. The van der Waals surface area contributed by atoms with Gasteiger partial charge in [0.2, 0.25) is 0 Å². The summed E-state index contributed by atoms with van der Waals surface area (Å²) < 4.78 is 7.65. The van der Waals surface area contributed by atoms with Crippen molar-refractivity contribution in [2.75, 3.05) is 7.11 Å². The van der Waals surface area contributed by atoms with E-state index in [0.29, 0.717) is 0 Å². The van der Waals surface area contributed by atoms with Gasteiger partial charge in [-0.2, -0.15) is 0 Å². The van der Waals surface area contributed by atoms with Gasteiger partial charge in [0.05, 0.1) is 7.11 Å². The van der Waals surface area contributed by atoms with Crippen LogP contribution in [0.2, 0.25) is 0 Å². The summed E-state index contributed by atoms with van der Waals surface area (Å²) in [6.45, 7) is 3.32. The highest BCUT2D eigenvalue weighted by Crippen LogP contribution is 2.27. The van der Waals surface area contributed by atoms with Crippen molar-refractivity contribution >= 4 is 10.9 Å². The Labute approximate surface area is 126 Å². The Morgan fingerprint density at radius 3 is 2.67 bits per heavy atom. The third-order valence-corrected chi connectivity index (χ3v) is 3.93. The number of benzene rings is 2. The molecule has 0 N–H and O–H groups in total. The van der Waals surface area contributed by atoms with Crippen LogP contribution in [0.15, 0.2) is 54.7 Å². The Hall–Kier alpha value is -2.22. The molecule has 0 aliphatic rings. The summed E-state index contributed by atoms with van der Waals surface area (Å²) in [5, 5.41) is 1.30. The minimum absolute atomic E-state index is 0.896. The smallest absolute Gasteiger partial charge is 0.119 e. The van der Waals surface area contributed by atoms with Gasteiger partial charge in [-0.25, -0.2) is 0 Å². The predicted octanol–water partition coefficient (Wildman–Crippen LogP) is 5.12. The first-order chi connectivity index (χ1) is 10.3. The lowest BCUT2D eigenvalue weighted by Crippen LogP contribution is -1.94. The van der Waals surface area contributed by atoms with E-state index in [1.54, 1.807) is 7.11 Å². The molecule has 0 unspecified atom stereocenters. The average Bonchev–Trinajstić information content (AvgIpc) is 2.95. The molecule has 1 aromatic heterocycles. The Bertz CT molecular complexity index is 742. The third kappa shape index (κ3) is 2.80. The van der Waals surface area contributed by atoms with Crippen molar-refractivity contribution in [2.45, 2.75) is 26.3 Å². The molecule has 1 heterocycles. The first-order valence-electron chi connectivity index (χ1n) is 7.55. The molecule has 0 aliphatic carbocycles. The van der Waals surface area contributed by atoms with E-state index >= 15 is 0 Å². The second-order valence-corrected chi connectivity index (χ2v) is 5.37. The SMILES string of the molecule is CCCCn1ccc2cc(-c3cccc(OC)c3)ccc21. The molecule has 0 spiro atoms. The molecule has 0 amide bonds. The Morgan fingerprint density at radius 2 is 1.86 bits per heavy atom. The molecule has 108 valence electrons. The molecule has 0 aliphatic heterocycles. The highest BCUT2D eigenvalue weighted by atomic mass is 16.5. The minimum Gasteiger partial charge on any atom is -0.497 e. The van der Waals surface area contributed by atoms with Crippen LogP contribution in [0, 0.1) is 0 Å². The van der Waals surface area contributed by atoms with E-state index in [2.05, 4.69) is 54.1 Å². The molecule has 3 rings (SSSR count). The zero-order chi connectivity index (χ0) is 14.7. The summed E-state index contributed by atoms with van der Waals surface area (Å²) in [5.74, 6) is 0.896. The standard InChI is InChI=1S/C19H21NO/c1-3-4-11-20-12-10-17-13-16(8-9-19(17)20)15-6-5-7-18(14-15)21-2/h5-10,12-14H,3-4,11H2,1-2H3. The van der Waals surface area contributed by atoms with Crippen LogP contribution in [-0.2, 0) is 6.54 Å². The molecule has 0 fully saturated rings. The average molecular weight is 279 g/mol. The van der Waals surface area contributed by atoms with Crippen molar-refractivity contribution in [3.8, 4) is 16.9 Å². The normalized spacial score (nSPS) is 11.0. The van der Waals surface area contributed by atoms with Gasteiger partial charge in [0, 0.05) is 23.6 Å². The maximum atomic E-state index is 5.31. The lowest BCUT2D eigenvalue weighted by atomic mass is 10.0. The molecule has 2 nitrogen and oxygen atoms in total. The fourth-order valence-electron chi connectivity index (χ4n) is 2.71. The molecule has 2 heteroatoms. The number of hydrogen-bond acceptors (Lipinski definition) is 1. The molecular weight excluding hydrogens is 258 g/mol. The number of aryl methyl sites for hydroxylation is 1. The van der Waals surface area contributed by atoms with Gasteiger partial charge in [-0.3, -0.25) is 0 Å². The summed E-state index contributed by atoms with van der Waals surface area (Å²) in [6.07, 6.45) is 4.64. The molecule has 0 saturated heterocycles. The van der Waals surface area contributed by atoms with Crippen LogP contribution >= 0.6 is 0 Å². The fourth-order valence-corrected chi connectivity index (χ4v) is 2.71. The number of ether oxygens (including phenoxy) is 1. The van der Waals surface area contributed by atoms with E-state index in [4.69, 9.17) is 4.74 Å². The summed E-state index contributed by atoms with van der Waals surface area (Å²) in [7, 11) is 1.70. The molecule has 0 radical (unpaired) electrons. The molecule has 2 aromatic carbocycles. The summed E-state index contributed by atoms with van der Waals surface area (Å²) in [5.41, 5.74) is 3.74. The Balaban J connectivity index is 1.97. The van der Waals surface area contributed by atoms with Crippen molar-refractivity contribution in [1.29, 1.82) is 0 Å². The molecular formula is C19H21NO. The maximum Gasteiger partial charge on any atom is 0.119 e. The quantitative estimate of drug-likeness (QED) is 0.632. The van der Waals surface area contributed by atoms with Gasteiger partial charge < -0.3 is 9.30 Å². The van der Waals surface area contributed by atoms with Crippen molar-refractivity contribution in [3.63, 3.8) is 0 Å². The molecule has 3 aromatic rings. The van der Waals surface area contributed by atoms with Crippen LogP contribution in [0.3, 0.4) is 0 Å². The van der Waals surface area contributed by atoms with E-state index < -0.39 is 0 Å². The summed E-state index contributed by atoms with van der Waals surface area (Å²) in [6, 6.07) is 17.1. The van der Waals surface area contributed by atoms with Gasteiger partial charge in [0.15, 0.2) is 0 Å². The number of hydrogen-bond donors (Lipinski definition) is 0. The number of unbranched alkanes of at least 4 members (excludes halogenated alkanes) is 1. The van der Waals surface area contributed by atoms with Gasteiger partial charge in [-0.05, 0) is 47.9 Å². The molecule has 0 bridgehead atoms. The second-order valence-electron chi connectivity index (χ2n) is 5.37. The first-order valence-corrected chi connectivity index (χ1v) is 7.55. The van der Waals surface area contributed by atoms with Crippen LogP contribution < -0.4 is 4.74 Å². The van der Waals surface area contributed by atoms with Crippen LogP contribution in [0.5, 0.6) is 5.75 Å². The van der Waals surface area contributed by atoms with Crippen molar-refractivity contribution < 1.29 is 4.74 Å². The monoisotopic (exact) mass is 279 g/mol. The lowest BCUT2D eigenvalue weighted by molar-refractivity contribution is 0.415. The first kappa shape index (κ1) is 13.7. The Kier molecular flexibility index (Phi) is 3.96. The number of nitrogens with zero attached hydrogens (tertiary/aromatic N) is 1. The number of methoxy groups -OCH3 is 1. The van der Waals surface area contributed by atoms with Crippen molar-refractivity contribution in [1.82, 2.24) is 4.57 Å². The van der Waals surface area contributed by atoms with Crippen LogP contribution in [0.1, 0.15) is 19.8 Å². The van der Waals surface area contributed by atoms with Crippen molar-refractivity contribution in [2.24, 2.45) is 0 Å². The highest BCUT2D eigenvalue weighted by Gasteiger charge is 2.04.